The van der Waals surface area contributed by atoms with Crippen molar-refractivity contribution in [2.24, 2.45) is 0 Å². The Bertz CT molecular complexity index is 386. The molecular weight excluding hydrogens is 232 g/mol. The lowest BCUT2D eigenvalue weighted by atomic mass is 10.00. The van der Waals surface area contributed by atoms with Gasteiger partial charge in [0.05, 0.1) is 11.5 Å². The summed E-state index contributed by atoms with van der Waals surface area (Å²) in [6.07, 6.45) is 1.64. The average molecular weight is 252 g/mol. The third-order valence-corrected chi connectivity index (χ3v) is 3.24. The maximum absolute atomic E-state index is 10.5. The Hall–Kier alpha value is -1.46. The summed E-state index contributed by atoms with van der Waals surface area (Å²) in [7, 11) is 0. The molecular formula is C13H20N2O3. The van der Waals surface area contributed by atoms with Gasteiger partial charge in [-0.05, 0) is 31.9 Å². The number of nitrogens with zero attached hydrogens (tertiary/aromatic N) is 1. The Morgan fingerprint density at radius 3 is 2.44 bits per heavy atom. The van der Waals surface area contributed by atoms with Crippen molar-refractivity contribution < 1.29 is 10.0 Å². The third kappa shape index (κ3) is 4.09. The molecule has 0 aliphatic rings. The number of hydrogen-bond donors (Lipinski definition) is 2. The molecule has 0 radical (unpaired) electrons. The highest BCUT2D eigenvalue weighted by molar-refractivity contribution is 5.32. The zero-order chi connectivity index (χ0) is 13.6. The summed E-state index contributed by atoms with van der Waals surface area (Å²) in [4.78, 5) is 10.1. The van der Waals surface area contributed by atoms with Crippen LogP contribution in [0.15, 0.2) is 24.3 Å². The van der Waals surface area contributed by atoms with E-state index in [4.69, 9.17) is 0 Å². The van der Waals surface area contributed by atoms with E-state index in [2.05, 4.69) is 5.32 Å². The van der Waals surface area contributed by atoms with Crippen LogP contribution in [0.5, 0.6) is 0 Å². The number of rotatable bonds is 7. The fourth-order valence-electron chi connectivity index (χ4n) is 1.59. The maximum Gasteiger partial charge on any atom is 0.269 e. The molecule has 2 N–H and O–H groups in total. The van der Waals surface area contributed by atoms with Crippen LogP contribution >= 0.6 is 0 Å². The molecule has 0 aliphatic carbocycles. The van der Waals surface area contributed by atoms with Crippen LogP contribution in [0.25, 0.3) is 0 Å². The molecule has 100 valence electrons. The molecule has 5 nitrogen and oxygen atoms in total. The fraction of sp³-hybridized carbons (Fsp3) is 0.538. The van der Waals surface area contributed by atoms with Crippen LogP contribution in [-0.2, 0) is 6.42 Å². The number of aliphatic hydroxyl groups is 1. The first kappa shape index (κ1) is 14.6. The van der Waals surface area contributed by atoms with Crippen molar-refractivity contribution in [2.75, 3.05) is 13.2 Å². The smallest absolute Gasteiger partial charge is 0.269 e. The number of nitrogens with one attached hydrogen (secondary N) is 1. The Morgan fingerprint density at radius 2 is 2.00 bits per heavy atom. The molecule has 0 bridgehead atoms. The molecule has 0 heterocycles. The number of nitro benzene ring substituents is 1. The lowest BCUT2D eigenvalue weighted by molar-refractivity contribution is -0.384. The summed E-state index contributed by atoms with van der Waals surface area (Å²) in [5, 5.41) is 23.0. The van der Waals surface area contributed by atoms with Crippen LogP contribution in [0.4, 0.5) is 5.69 Å². The van der Waals surface area contributed by atoms with E-state index < -0.39 is 4.92 Å². The van der Waals surface area contributed by atoms with Gasteiger partial charge in [-0.2, -0.15) is 0 Å². The largest absolute Gasteiger partial charge is 0.394 e. The van der Waals surface area contributed by atoms with Crippen molar-refractivity contribution in [2.45, 2.75) is 32.2 Å². The number of benzene rings is 1. The van der Waals surface area contributed by atoms with Crippen LogP contribution < -0.4 is 5.32 Å². The average Bonchev–Trinajstić information content (AvgIpc) is 2.39. The minimum Gasteiger partial charge on any atom is -0.394 e. The molecule has 1 atom stereocenters. The van der Waals surface area contributed by atoms with E-state index in [0.717, 1.165) is 24.9 Å². The van der Waals surface area contributed by atoms with Crippen LogP contribution in [-0.4, -0.2) is 28.7 Å². The van der Waals surface area contributed by atoms with Gasteiger partial charge in [0.15, 0.2) is 0 Å². The molecule has 0 saturated heterocycles. The number of aliphatic hydroxyl groups excluding tert-OH is 1. The summed E-state index contributed by atoms with van der Waals surface area (Å²) in [6.45, 7) is 4.84. The van der Waals surface area contributed by atoms with Crippen molar-refractivity contribution in [3.8, 4) is 0 Å². The van der Waals surface area contributed by atoms with Crippen molar-refractivity contribution in [3.63, 3.8) is 0 Å². The molecule has 0 spiro atoms. The van der Waals surface area contributed by atoms with Crippen LogP contribution in [0.1, 0.15) is 25.8 Å². The number of hydrogen-bond acceptors (Lipinski definition) is 4. The highest BCUT2D eigenvalue weighted by atomic mass is 16.6. The Kier molecular flexibility index (Phi) is 5.25. The summed E-state index contributed by atoms with van der Waals surface area (Å²) in [5.74, 6) is 0. The van der Waals surface area contributed by atoms with Crippen molar-refractivity contribution in [1.82, 2.24) is 5.32 Å². The SMILES string of the molecule is CCC(C)(CO)NCCc1ccc([N+](=O)[O-])cc1. The summed E-state index contributed by atoms with van der Waals surface area (Å²) in [5.41, 5.74) is 0.908. The predicted octanol–water partition coefficient (Wildman–Crippen LogP) is 1.89. The first-order chi connectivity index (χ1) is 8.50. The van der Waals surface area contributed by atoms with Crippen molar-refractivity contribution in [3.05, 3.63) is 39.9 Å². The Labute approximate surface area is 107 Å². The molecule has 0 aromatic heterocycles. The first-order valence-electron chi connectivity index (χ1n) is 6.10. The lowest BCUT2D eigenvalue weighted by Crippen LogP contribution is -2.45. The van der Waals surface area contributed by atoms with Gasteiger partial charge in [0.1, 0.15) is 0 Å². The number of non-ortho nitro benzene ring substituents is 1. The van der Waals surface area contributed by atoms with Crippen molar-refractivity contribution in [1.29, 1.82) is 0 Å². The van der Waals surface area contributed by atoms with E-state index in [1.807, 2.05) is 13.8 Å². The van der Waals surface area contributed by atoms with Gasteiger partial charge in [0.2, 0.25) is 0 Å². The summed E-state index contributed by atoms with van der Waals surface area (Å²) >= 11 is 0. The lowest BCUT2D eigenvalue weighted by Gasteiger charge is -2.27. The minimum absolute atomic E-state index is 0.101. The van der Waals surface area contributed by atoms with E-state index in [1.54, 1.807) is 12.1 Å². The van der Waals surface area contributed by atoms with Gasteiger partial charge in [-0.15, -0.1) is 0 Å². The van der Waals surface area contributed by atoms with Crippen LogP contribution in [0.3, 0.4) is 0 Å². The molecule has 5 heteroatoms. The molecule has 0 aliphatic heterocycles. The monoisotopic (exact) mass is 252 g/mol. The second-order valence-corrected chi connectivity index (χ2v) is 4.67. The fourth-order valence-corrected chi connectivity index (χ4v) is 1.59. The van der Waals surface area contributed by atoms with Gasteiger partial charge in [-0.1, -0.05) is 19.1 Å². The second-order valence-electron chi connectivity index (χ2n) is 4.67. The van der Waals surface area contributed by atoms with E-state index in [0.29, 0.717) is 0 Å². The molecule has 1 aromatic rings. The van der Waals surface area contributed by atoms with E-state index in [9.17, 15) is 15.2 Å². The first-order valence-corrected chi connectivity index (χ1v) is 6.10. The van der Waals surface area contributed by atoms with Gasteiger partial charge >= 0.3 is 0 Å². The highest BCUT2D eigenvalue weighted by Crippen LogP contribution is 2.13. The minimum atomic E-state index is -0.401. The summed E-state index contributed by atoms with van der Waals surface area (Å²) in [6, 6.07) is 6.56. The normalized spacial score (nSPS) is 14.2. The molecule has 18 heavy (non-hydrogen) atoms. The molecule has 0 saturated carbocycles. The molecule has 1 rings (SSSR count). The van der Waals surface area contributed by atoms with E-state index in [-0.39, 0.29) is 17.8 Å². The van der Waals surface area contributed by atoms with Crippen LogP contribution in [0, 0.1) is 10.1 Å². The standard InChI is InChI=1S/C13H20N2O3/c1-3-13(2,10-16)14-9-8-11-4-6-12(7-5-11)15(17)18/h4-7,14,16H,3,8-10H2,1-2H3. The van der Waals surface area contributed by atoms with E-state index >= 15 is 0 Å². The van der Waals surface area contributed by atoms with Gasteiger partial charge in [0, 0.05) is 17.7 Å². The third-order valence-electron chi connectivity index (χ3n) is 3.24. The molecule has 1 aromatic carbocycles. The summed E-state index contributed by atoms with van der Waals surface area (Å²) < 4.78 is 0. The zero-order valence-electron chi connectivity index (χ0n) is 10.8. The van der Waals surface area contributed by atoms with Gasteiger partial charge < -0.3 is 10.4 Å². The number of nitro groups is 1. The van der Waals surface area contributed by atoms with Gasteiger partial charge in [-0.3, -0.25) is 10.1 Å². The van der Waals surface area contributed by atoms with E-state index in [1.165, 1.54) is 12.1 Å². The maximum atomic E-state index is 10.5. The second kappa shape index (κ2) is 6.47. The highest BCUT2D eigenvalue weighted by Gasteiger charge is 2.19. The quantitative estimate of drug-likeness (QED) is 0.574. The predicted molar refractivity (Wildman–Crippen MR) is 70.6 cm³/mol. The molecule has 0 fully saturated rings. The van der Waals surface area contributed by atoms with Gasteiger partial charge in [-0.25, -0.2) is 0 Å². The topological polar surface area (TPSA) is 75.4 Å². The molecule has 1 unspecified atom stereocenters. The molecule has 0 amide bonds. The Morgan fingerprint density at radius 1 is 1.39 bits per heavy atom. The van der Waals surface area contributed by atoms with Crippen molar-refractivity contribution >= 4 is 5.69 Å². The zero-order valence-corrected chi connectivity index (χ0v) is 10.8. The van der Waals surface area contributed by atoms with Gasteiger partial charge in [0.25, 0.3) is 5.69 Å². The van der Waals surface area contributed by atoms with Crippen LogP contribution in [0.2, 0.25) is 0 Å². The Balaban J connectivity index is 2.47.